The Morgan fingerprint density at radius 2 is 1.88 bits per heavy atom. The van der Waals surface area contributed by atoms with Gasteiger partial charge < -0.3 is 10.8 Å². The molecule has 0 spiro atoms. The van der Waals surface area contributed by atoms with Gasteiger partial charge in [-0.25, -0.2) is 0 Å². The Hall–Kier alpha value is -1.95. The Morgan fingerprint density at radius 1 is 1.35 bits per heavy atom. The molecule has 3 N–H and O–H groups in total. The summed E-state index contributed by atoms with van der Waals surface area (Å²) in [7, 11) is 0. The van der Waals surface area contributed by atoms with E-state index in [1.54, 1.807) is 0 Å². The summed E-state index contributed by atoms with van der Waals surface area (Å²) in [5.41, 5.74) is 7.42. The van der Waals surface area contributed by atoms with E-state index in [0.717, 1.165) is 18.2 Å². The average molecular weight is 233 g/mol. The molecule has 0 aromatic heterocycles. The van der Waals surface area contributed by atoms with Crippen molar-refractivity contribution in [2.45, 2.75) is 27.7 Å². The maximum atomic E-state index is 9.00. The standard InChI is InChI=1S/C12H15N.C2H4O2/c1-12(2,3)8-7-10-5-4-6-11(13)9-10;1-2(3)4/h4-6,9H,13H2,1-3H3;1H3,(H,3,4). The zero-order valence-electron chi connectivity index (χ0n) is 10.7. The van der Waals surface area contributed by atoms with Crippen LogP contribution >= 0.6 is 0 Å². The number of anilines is 1. The van der Waals surface area contributed by atoms with Crippen molar-refractivity contribution in [3.63, 3.8) is 0 Å². The molecule has 0 aliphatic carbocycles. The molecule has 3 nitrogen and oxygen atoms in total. The van der Waals surface area contributed by atoms with E-state index in [-0.39, 0.29) is 5.41 Å². The molecule has 1 aromatic rings. The predicted octanol–water partition coefficient (Wildman–Crippen LogP) is 2.76. The van der Waals surface area contributed by atoms with Crippen molar-refractivity contribution in [3.8, 4) is 11.8 Å². The molecule has 0 amide bonds. The molecule has 0 bridgehead atoms. The van der Waals surface area contributed by atoms with Crippen LogP contribution in [-0.2, 0) is 4.79 Å². The van der Waals surface area contributed by atoms with Gasteiger partial charge in [-0.1, -0.05) is 17.9 Å². The van der Waals surface area contributed by atoms with E-state index < -0.39 is 5.97 Å². The van der Waals surface area contributed by atoms with Crippen LogP contribution < -0.4 is 5.73 Å². The molecular weight excluding hydrogens is 214 g/mol. The fraction of sp³-hybridized carbons (Fsp3) is 0.357. The van der Waals surface area contributed by atoms with Gasteiger partial charge >= 0.3 is 0 Å². The molecule has 17 heavy (non-hydrogen) atoms. The van der Waals surface area contributed by atoms with Gasteiger partial charge in [-0.3, -0.25) is 4.79 Å². The zero-order valence-corrected chi connectivity index (χ0v) is 10.7. The van der Waals surface area contributed by atoms with Crippen LogP contribution in [0.4, 0.5) is 5.69 Å². The van der Waals surface area contributed by atoms with E-state index in [1.807, 2.05) is 24.3 Å². The van der Waals surface area contributed by atoms with Crippen LogP contribution in [-0.4, -0.2) is 11.1 Å². The minimum Gasteiger partial charge on any atom is -0.481 e. The van der Waals surface area contributed by atoms with Crippen LogP contribution in [0.1, 0.15) is 33.3 Å². The normalized spacial score (nSPS) is 9.41. The Balaban J connectivity index is 0.000000557. The topological polar surface area (TPSA) is 63.3 Å². The van der Waals surface area contributed by atoms with E-state index in [4.69, 9.17) is 15.6 Å². The minimum atomic E-state index is -0.833. The Kier molecular flexibility index (Phi) is 5.84. The summed E-state index contributed by atoms with van der Waals surface area (Å²) < 4.78 is 0. The maximum Gasteiger partial charge on any atom is 0.300 e. The van der Waals surface area contributed by atoms with Crippen LogP contribution in [0.15, 0.2) is 24.3 Å². The number of rotatable bonds is 0. The highest BCUT2D eigenvalue weighted by molar-refractivity contribution is 5.62. The lowest BCUT2D eigenvalue weighted by molar-refractivity contribution is -0.134. The quantitative estimate of drug-likeness (QED) is 0.535. The monoisotopic (exact) mass is 233 g/mol. The predicted molar refractivity (Wildman–Crippen MR) is 70.5 cm³/mol. The molecule has 0 radical (unpaired) electrons. The number of carboxylic acids is 1. The highest BCUT2D eigenvalue weighted by Crippen LogP contribution is 2.11. The molecule has 0 atom stereocenters. The van der Waals surface area contributed by atoms with Crippen molar-refractivity contribution in [1.29, 1.82) is 0 Å². The van der Waals surface area contributed by atoms with Gasteiger partial charge in [0.2, 0.25) is 0 Å². The zero-order chi connectivity index (χ0) is 13.5. The van der Waals surface area contributed by atoms with Crippen molar-refractivity contribution in [2.75, 3.05) is 5.73 Å². The van der Waals surface area contributed by atoms with Crippen LogP contribution in [0.5, 0.6) is 0 Å². The second-order valence-electron chi connectivity index (χ2n) is 4.64. The molecule has 0 heterocycles. The van der Waals surface area contributed by atoms with Crippen LogP contribution in [0, 0.1) is 17.3 Å². The Morgan fingerprint density at radius 3 is 2.29 bits per heavy atom. The molecule has 1 aromatic carbocycles. The molecule has 0 fully saturated rings. The molecule has 3 heteroatoms. The second kappa shape index (κ2) is 6.59. The minimum absolute atomic E-state index is 0.0462. The number of carboxylic acid groups (broad SMARTS) is 1. The van der Waals surface area contributed by atoms with Gasteiger partial charge in [0.15, 0.2) is 0 Å². The number of hydrogen-bond donors (Lipinski definition) is 2. The third kappa shape index (κ3) is 10.3. The van der Waals surface area contributed by atoms with E-state index >= 15 is 0 Å². The summed E-state index contributed by atoms with van der Waals surface area (Å²) >= 11 is 0. The summed E-state index contributed by atoms with van der Waals surface area (Å²) in [5.74, 6) is 5.42. The van der Waals surface area contributed by atoms with Gasteiger partial charge in [-0.15, -0.1) is 0 Å². The summed E-state index contributed by atoms with van der Waals surface area (Å²) in [6, 6.07) is 7.64. The average Bonchev–Trinajstić information content (AvgIpc) is 2.13. The SMILES string of the molecule is CC(=O)O.CC(C)(C)C#Cc1cccc(N)c1. The van der Waals surface area contributed by atoms with Crippen LogP contribution in [0.2, 0.25) is 0 Å². The van der Waals surface area contributed by atoms with Crippen LogP contribution in [0.25, 0.3) is 0 Å². The number of aliphatic carboxylic acids is 1. The highest BCUT2D eigenvalue weighted by Gasteiger charge is 2.03. The van der Waals surface area contributed by atoms with Gasteiger partial charge in [-0.2, -0.15) is 0 Å². The van der Waals surface area contributed by atoms with Crippen molar-refractivity contribution >= 4 is 11.7 Å². The number of hydrogen-bond acceptors (Lipinski definition) is 2. The number of nitrogens with two attached hydrogens (primary N) is 1. The highest BCUT2D eigenvalue weighted by atomic mass is 16.4. The first-order chi connectivity index (χ1) is 7.70. The second-order valence-corrected chi connectivity index (χ2v) is 4.64. The van der Waals surface area contributed by atoms with Gasteiger partial charge in [-0.05, 0) is 39.0 Å². The lowest BCUT2D eigenvalue weighted by Gasteiger charge is -2.06. The third-order valence-corrected chi connectivity index (χ3v) is 1.47. The summed E-state index contributed by atoms with van der Waals surface area (Å²) in [5, 5.41) is 7.42. The number of nitrogen functional groups attached to an aromatic ring is 1. The largest absolute Gasteiger partial charge is 0.481 e. The van der Waals surface area contributed by atoms with Gasteiger partial charge in [0.1, 0.15) is 0 Å². The van der Waals surface area contributed by atoms with Crippen molar-refractivity contribution < 1.29 is 9.90 Å². The molecular formula is C14H19NO2. The molecule has 92 valence electrons. The Bertz CT molecular complexity index is 430. The van der Waals surface area contributed by atoms with E-state index in [0.29, 0.717) is 0 Å². The molecule has 0 unspecified atom stereocenters. The third-order valence-electron chi connectivity index (χ3n) is 1.47. The number of carbonyl (C=O) groups is 1. The summed E-state index contributed by atoms with van der Waals surface area (Å²) in [4.78, 5) is 9.00. The van der Waals surface area contributed by atoms with E-state index in [9.17, 15) is 0 Å². The first kappa shape index (κ1) is 15.0. The van der Waals surface area contributed by atoms with E-state index in [2.05, 4.69) is 32.6 Å². The molecule has 0 aliphatic heterocycles. The molecule has 1 rings (SSSR count). The fourth-order valence-corrected chi connectivity index (χ4v) is 0.876. The van der Waals surface area contributed by atoms with Gasteiger partial charge in [0.25, 0.3) is 5.97 Å². The van der Waals surface area contributed by atoms with Crippen LogP contribution in [0.3, 0.4) is 0 Å². The van der Waals surface area contributed by atoms with Gasteiger partial charge in [0, 0.05) is 23.6 Å². The molecule has 0 saturated heterocycles. The lowest BCUT2D eigenvalue weighted by atomic mass is 9.97. The maximum absolute atomic E-state index is 9.00. The lowest BCUT2D eigenvalue weighted by Crippen LogP contribution is -1.99. The Labute approximate surface area is 103 Å². The van der Waals surface area contributed by atoms with Crippen molar-refractivity contribution in [1.82, 2.24) is 0 Å². The van der Waals surface area contributed by atoms with Crippen molar-refractivity contribution in [3.05, 3.63) is 29.8 Å². The van der Waals surface area contributed by atoms with Crippen molar-refractivity contribution in [2.24, 2.45) is 5.41 Å². The smallest absolute Gasteiger partial charge is 0.300 e. The first-order valence-electron chi connectivity index (χ1n) is 5.29. The van der Waals surface area contributed by atoms with E-state index in [1.165, 1.54) is 0 Å². The fourth-order valence-electron chi connectivity index (χ4n) is 0.876. The molecule has 0 saturated carbocycles. The molecule has 0 aliphatic rings. The first-order valence-corrected chi connectivity index (χ1v) is 5.29. The summed E-state index contributed by atoms with van der Waals surface area (Å²) in [6.07, 6.45) is 0. The number of benzene rings is 1. The van der Waals surface area contributed by atoms with Gasteiger partial charge in [0.05, 0.1) is 0 Å². The summed E-state index contributed by atoms with van der Waals surface area (Å²) in [6.45, 7) is 7.35.